The Morgan fingerprint density at radius 2 is 1.67 bits per heavy atom. The molecule has 0 saturated carbocycles. The van der Waals surface area contributed by atoms with Crippen LogP contribution in [0.25, 0.3) is 0 Å². The lowest BCUT2D eigenvalue weighted by Crippen LogP contribution is -2.25. The van der Waals surface area contributed by atoms with Gasteiger partial charge in [0.05, 0.1) is 5.69 Å². The number of carbonyl (C=O) groups is 1. The molecule has 0 fully saturated rings. The smallest absolute Gasteiger partial charge is 0.387 e. The summed E-state index contributed by atoms with van der Waals surface area (Å²) in [7, 11) is -1.34. The van der Waals surface area contributed by atoms with Crippen molar-refractivity contribution in [2.45, 2.75) is 66.0 Å². The number of ether oxygens (including phenoxy) is 2. The molecule has 0 spiro atoms. The topological polar surface area (TPSA) is 60.9 Å². The molecule has 1 radical (unpaired) electrons. The second kappa shape index (κ2) is 12.5. The number of rotatable bonds is 11. The normalized spacial score (nSPS) is 11.7. The van der Waals surface area contributed by atoms with Gasteiger partial charge in [0.2, 0.25) is 0 Å². The van der Waals surface area contributed by atoms with Gasteiger partial charge in [-0.1, -0.05) is 26.8 Å². The monoisotopic (exact) mass is 563 g/mol. The van der Waals surface area contributed by atoms with E-state index in [1.54, 1.807) is 35.5 Å². The van der Waals surface area contributed by atoms with Gasteiger partial charge in [-0.25, -0.2) is 0 Å². The largest absolute Gasteiger partial charge is 0.541 e. The first kappa shape index (κ1) is 29.9. The summed E-state index contributed by atoms with van der Waals surface area (Å²) in [6.07, 6.45) is 3.28. The number of ketones is 1. The Morgan fingerprint density at radius 3 is 2.21 bits per heavy atom. The van der Waals surface area contributed by atoms with Crippen LogP contribution in [0.1, 0.15) is 49.2 Å². The predicted octanol–water partition coefficient (Wildman–Crippen LogP) is 7.75. The number of nitrogens with zero attached hydrogens (tertiary/aromatic N) is 2. The lowest BCUT2D eigenvalue weighted by Gasteiger charge is -2.33. The minimum Gasteiger partial charge on any atom is -0.541 e. The maximum atomic E-state index is 13.2. The number of halogens is 4. The quantitative estimate of drug-likeness (QED) is 0.135. The van der Waals surface area contributed by atoms with Crippen molar-refractivity contribution < 1.29 is 36.3 Å². The number of benzene rings is 2. The third-order valence-electron chi connectivity index (χ3n) is 5.60. The van der Waals surface area contributed by atoms with Gasteiger partial charge in [0.25, 0.3) is 9.04 Å². The standard InChI is InChI=1S/C28H31F4N2O4Si/c1-17(35)20-10-11-21(25(38-39(5)6)24(20)28(2,3)4)34(16-18-8-7-13-33-15-18)19-9-12-22(36-26(29)30)23(14-19)37-27(31)32/h7-15,26-27H,16H2,1-6H3. The highest BCUT2D eigenvalue weighted by Gasteiger charge is 2.30. The van der Waals surface area contributed by atoms with Crippen LogP contribution in [0.3, 0.4) is 0 Å². The van der Waals surface area contributed by atoms with Gasteiger partial charge in [-0.05, 0) is 61.3 Å². The Labute approximate surface area is 227 Å². The summed E-state index contributed by atoms with van der Waals surface area (Å²) >= 11 is 0. The Kier molecular flexibility index (Phi) is 9.60. The van der Waals surface area contributed by atoms with Crippen LogP contribution >= 0.6 is 0 Å². The zero-order chi connectivity index (χ0) is 28.9. The van der Waals surface area contributed by atoms with Gasteiger partial charge in [-0.3, -0.25) is 9.78 Å². The van der Waals surface area contributed by atoms with E-state index >= 15 is 0 Å². The Hall–Kier alpha value is -3.60. The lowest BCUT2D eigenvalue weighted by atomic mass is 9.81. The summed E-state index contributed by atoms with van der Waals surface area (Å²) in [5.41, 5.74) is 2.40. The molecule has 3 rings (SSSR count). The molecule has 0 aliphatic heterocycles. The number of aromatic nitrogens is 1. The fourth-order valence-corrected chi connectivity index (χ4v) is 4.78. The number of hydrogen-bond donors (Lipinski definition) is 0. The second-order valence-electron chi connectivity index (χ2n) is 9.99. The average Bonchev–Trinajstić information content (AvgIpc) is 2.82. The first-order valence-corrected chi connectivity index (χ1v) is 14.5. The number of pyridine rings is 1. The van der Waals surface area contributed by atoms with Gasteiger partial charge >= 0.3 is 13.2 Å². The number of Topliss-reactive ketones (excluding diaryl/α,β-unsaturated/α-hetero) is 1. The first-order valence-electron chi connectivity index (χ1n) is 12.1. The summed E-state index contributed by atoms with van der Waals surface area (Å²) in [6.45, 7) is 5.03. The van der Waals surface area contributed by atoms with E-state index < -0.39 is 39.2 Å². The molecule has 209 valence electrons. The Balaban J connectivity index is 2.33. The average molecular weight is 564 g/mol. The molecule has 1 heterocycles. The van der Waals surface area contributed by atoms with Crippen LogP contribution < -0.4 is 18.8 Å². The highest BCUT2D eigenvalue weighted by atomic mass is 28.3. The Bertz CT molecular complexity index is 1280. The zero-order valence-electron chi connectivity index (χ0n) is 22.6. The number of carbonyl (C=O) groups excluding carboxylic acids is 1. The molecule has 0 bridgehead atoms. The van der Waals surface area contributed by atoms with E-state index in [0.29, 0.717) is 28.3 Å². The highest BCUT2D eigenvalue weighted by Crippen LogP contribution is 2.46. The summed E-state index contributed by atoms with van der Waals surface area (Å²) in [4.78, 5) is 18.6. The molecule has 2 aromatic carbocycles. The molecule has 0 saturated heterocycles. The summed E-state index contributed by atoms with van der Waals surface area (Å²) in [6, 6.07) is 10.9. The van der Waals surface area contributed by atoms with Gasteiger partial charge < -0.3 is 18.8 Å². The van der Waals surface area contributed by atoms with Crippen LogP contribution in [-0.4, -0.2) is 33.0 Å². The van der Waals surface area contributed by atoms with Gasteiger partial charge in [-0.2, -0.15) is 17.6 Å². The van der Waals surface area contributed by atoms with Crippen molar-refractivity contribution in [3.63, 3.8) is 0 Å². The molecule has 1 aromatic heterocycles. The third kappa shape index (κ3) is 7.72. The van der Waals surface area contributed by atoms with Crippen LogP contribution in [0, 0.1) is 0 Å². The molecule has 11 heteroatoms. The summed E-state index contributed by atoms with van der Waals surface area (Å²) < 4.78 is 67.7. The first-order chi connectivity index (χ1) is 18.3. The summed E-state index contributed by atoms with van der Waals surface area (Å²) in [5.74, 6) is -0.713. The minimum absolute atomic E-state index is 0.128. The molecule has 3 aromatic rings. The van der Waals surface area contributed by atoms with Crippen LogP contribution in [0.4, 0.5) is 28.9 Å². The minimum atomic E-state index is -3.27. The molecule has 0 N–H and O–H groups in total. The van der Waals surface area contributed by atoms with Gasteiger partial charge in [-0.15, -0.1) is 0 Å². The van der Waals surface area contributed by atoms with Crippen molar-refractivity contribution in [2.24, 2.45) is 0 Å². The molecular weight excluding hydrogens is 532 g/mol. The molecule has 0 unspecified atom stereocenters. The second-order valence-corrected chi connectivity index (χ2v) is 12.0. The van der Waals surface area contributed by atoms with Crippen molar-refractivity contribution in [3.8, 4) is 17.2 Å². The zero-order valence-corrected chi connectivity index (χ0v) is 23.6. The van der Waals surface area contributed by atoms with Crippen LogP contribution in [-0.2, 0) is 12.0 Å². The number of hydrogen-bond acceptors (Lipinski definition) is 6. The number of alkyl halides is 4. The van der Waals surface area contributed by atoms with Crippen molar-refractivity contribution in [1.29, 1.82) is 0 Å². The van der Waals surface area contributed by atoms with E-state index in [0.717, 1.165) is 11.6 Å². The predicted molar refractivity (Wildman–Crippen MR) is 143 cm³/mol. The van der Waals surface area contributed by atoms with E-state index in [-0.39, 0.29) is 12.3 Å². The van der Waals surface area contributed by atoms with Crippen molar-refractivity contribution in [3.05, 3.63) is 71.5 Å². The van der Waals surface area contributed by atoms with E-state index in [2.05, 4.69) is 14.5 Å². The maximum Gasteiger partial charge on any atom is 0.387 e. The fourth-order valence-electron chi connectivity index (χ4n) is 4.17. The SMILES string of the molecule is CC(=O)c1ccc(N(Cc2cccnc2)c2ccc(OC(F)F)c(OC(F)F)c2)c(O[Si](C)C)c1C(C)(C)C. The fraction of sp³-hybridized carbons (Fsp3) is 0.357. The molecule has 0 amide bonds. The summed E-state index contributed by atoms with van der Waals surface area (Å²) in [5, 5.41) is 0. The maximum absolute atomic E-state index is 13.2. The number of anilines is 2. The molecule has 0 atom stereocenters. The van der Waals surface area contributed by atoms with E-state index in [1.807, 2.05) is 39.9 Å². The van der Waals surface area contributed by atoms with Crippen molar-refractivity contribution >= 4 is 26.2 Å². The molecule has 0 aliphatic rings. The third-order valence-corrected chi connectivity index (χ3v) is 6.21. The van der Waals surface area contributed by atoms with Crippen LogP contribution in [0.2, 0.25) is 13.1 Å². The molecule has 39 heavy (non-hydrogen) atoms. The van der Waals surface area contributed by atoms with Crippen molar-refractivity contribution in [2.75, 3.05) is 4.90 Å². The van der Waals surface area contributed by atoms with Crippen molar-refractivity contribution in [1.82, 2.24) is 4.98 Å². The van der Waals surface area contributed by atoms with E-state index in [9.17, 15) is 22.4 Å². The van der Waals surface area contributed by atoms with E-state index in [4.69, 9.17) is 4.43 Å². The highest BCUT2D eigenvalue weighted by molar-refractivity contribution is 6.49. The van der Waals surface area contributed by atoms with E-state index in [1.165, 1.54) is 19.1 Å². The molecule has 0 aliphatic carbocycles. The molecular formula is C28H31F4N2O4Si. The van der Waals surface area contributed by atoms with Crippen LogP contribution in [0.5, 0.6) is 17.2 Å². The van der Waals surface area contributed by atoms with Gasteiger partial charge in [0.1, 0.15) is 5.75 Å². The van der Waals surface area contributed by atoms with Crippen LogP contribution in [0.15, 0.2) is 54.9 Å². The van der Waals surface area contributed by atoms with Gasteiger partial charge in [0.15, 0.2) is 17.3 Å². The lowest BCUT2D eigenvalue weighted by molar-refractivity contribution is -0.0692. The van der Waals surface area contributed by atoms with Gasteiger partial charge in [0, 0.05) is 41.8 Å². The molecule has 6 nitrogen and oxygen atoms in total. The Morgan fingerprint density at radius 1 is 1.00 bits per heavy atom.